The molecule has 0 unspecified atom stereocenters. The molecule has 3 aromatic carbocycles. The van der Waals surface area contributed by atoms with Crippen LogP contribution in [0.25, 0.3) is 10.8 Å². The van der Waals surface area contributed by atoms with E-state index in [1.54, 1.807) is 45.0 Å². The molecule has 4 rings (SSSR count). The van der Waals surface area contributed by atoms with Crippen molar-refractivity contribution >= 4 is 28.4 Å². The highest BCUT2D eigenvalue weighted by Crippen LogP contribution is 2.38. The van der Waals surface area contributed by atoms with E-state index in [0.29, 0.717) is 34.1 Å². The average molecular weight is 551 g/mol. The molecule has 40 heavy (non-hydrogen) atoms. The number of aromatic hydroxyl groups is 1. The minimum Gasteiger partial charge on any atom is -0.505 e. The summed E-state index contributed by atoms with van der Waals surface area (Å²) in [4.78, 5) is 40.2. The lowest BCUT2D eigenvalue weighted by molar-refractivity contribution is -0.135. The fourth-order valence-electron chi connectivity index (χ4n) is 4.17. The number of fused-ring (bicyclic) bond motifs is 1. The standard InChI is InChI=1S/C29H24F2N2O7/c1-4-39-29-22-12-20(5-6-21(22)26(37)24(33-29)28(38)32-13-23(34)35)40-27-14(2)7-16(8-15(27)3)25(36)17-9-18(30)11-19(31)10-17/h5-12,37H,4,13H2,1-3H3,(H,32,38)(H,34,35). The summed E-state index contributed by atoms with van der Waals surface area (Å²) in [7, 11) is 0. The van der Waals surface area contributed by atoms with Gasteiger partial charge in [0.05, 0.1) is 12.0 Å². The lowest BCUT2D eigenvalue weighted by Crippen LogP contribution is -2.30. The number of hydrogen-bond acceptors (Lipinski definition) is 7. The maximum atomic E-state index is 13.6. The molecule has 0 saturated carbocycles. The Kier molecular flexibility index (Phi) is 7.94. The van der Waals surface area contributed by atoms with Gasteiger partial charge in [-0.3, -0.25) is 14.4 Å². The second-order valence-electron chi connectivity index (χ2n) is 8.86. The van der Waals surface area contributed by atoms with E-state index in [9.17, 15) is 28.3 Å². The van der Waals surface area contributed by atoms with Crippen LogP contribution in [0.3, 0.4) is 0 Å². The van der Waals surface area contributed by atoms with Gasteiger partial charge in [-0.25, -0.2) is 13.8 Å². The minimum atomic E-state index is -1.26. The molecule has 0 atom stereocenters. The Morgan fingerprint density at radius 2 is 1.55 bits per heavy atom. The van der Waals surface area contributed by atoms with E-state index in [-0.39, 0.29) is 29.0 Å². The molecule has 9 nitrogen and oxygen atoms in total. The maximum Gasteiger partial charge on any atom is 0.322 e. The molecule has 3 N–H and O–H groups in total. The number of carbonyl (C=O) groups excluding carboxylic acids is 2. The molecule has 1 amide bonds. The Labute approximate surface area is 227 Å². The first-order valence-corrected chi connectivity index (χ1v) is 12.1. The Morgan fingerprint density at radius 1 is 0.925 bits per heavy atom. The quantitative estimate of drug-likeness (QED) is 0.246. The van der Waals surface area contributed by atoms with Crippen molar-refractivity contribution in [1.29, 1.82) is 0 Å². The summed E-state index contributed by atoms with van der Waals surface area (Å²) in [6, 6.07) is 10.3. The van der Waals surface area contributed by atoms with E-state index < -0.39 is 47.3 Å². The maximum absolute atomic E-state index is 13.6. The van der Waals surface area contributed by atoms with Crippen LogP contribution >= 0.6 is 0 Å². The van der Waals surface area contributed by atoms with Crippen molar-refractivity contribution in [3.05, 3.63) is 88.1 Å². The predicted octanol–water partition coefficient (Wildman–Crippen LogP) is 5.07. The van der Waals surface area contributed by atoms with Crippen LogP contribution in [0.2, 0.25) is 0 Å². The zero-order valence-electron chi connectivity index (χ0n) is 21.7. The van der Waals surface area contributed by atoms with Gasteiger partial charge >= 0.3 is 5.97 Å². The Balaban J connectivity index is 1.68. The zero-order valence-corrected chi connectivity index (χ0v) is 21.7. The summed E-state index contributed by atoms with van der Waals surface area (Å²) in [6.45, 7) is 4.67. The lowest BCUT2D eigenvalue weighted by atomic mass is 9.98. The number of aryl methyl sites for hydroxylation is 2. The predicted molar refractivity (Wildman–Crippen MR) is 140 cm³/mol. The highest BCUT2D eigenvalue weighted by atomic mass is 19.1. The number of pyridine rings is 1. The van der Waals surface area contributed by atoms with E-state index in [1.807, 2.05) is 0 Å². The third kappa shape index (κ3) is 5.83. The van der Waals surface area contributed by atoms with Crippen molar-refractivity contribution in [2.45, 2.75) is 20.8 Å². The largest absolute Gasteiger partial charge is 0.505 e. The Bertz CT molecular complexity index is 1630. The summed E-state index contributed by atoms with van der Waals surface area (Å²) in [5.74, 6) is -4.07. The zero-order chi connectivity index (χ0) is 29.1. The van der Waals surface area contributed by atoms with Gasteiger partial charge in [-0.05, 0) is 74.4 Å². The summed E-state index contributed by atoms with van der Waals surface area (Å²) >= 11 is 0. The fraction of sp³-hybridized carbons (Fsp3) is 0.172. The second-order valence-corrected chi connectivity index (χ2v) is 8.86. The number of aliphatic carboxylic acids is 1. The molecule has 1 heterocycles. The van der Waals surface area contributed by atoms with Crippen LogP contribution in [0.1, 0.15) is 44.5 Å². The van der Waals surface area contributed by atoms with Gasteiger partial charge in [0.1, 0.15) is 29.7 Å². The van der Waals surface area contributed by atoms with Gasteiger partial charge < -0.3 is 25.0 Å². The number of rotatable bonds is 9. The molecule has 0 aliphatic heterocycles. The van der Waals surface area contributed by atoms with Crippen LogP contribution in [0.5, 0.6) is 23.1 Å². The molecule has 0 aliphatic carbocycles. The number of nitrogens with zero attached hydrogens (tertiary/aromatic N) is 1. The third-order valence-electron chi connectivity index (χ3n) is 5.88. The second kappa shape index (κ2) is 11.4. The summed E-state index contributed by atoms with van der Waals surface area (Å²) in [5.41, 5.74) is 0.878. The number of amides is 1. The first kappa shape index (κ1) is 28.0. The van der Waals surface area contributed by atoms with E-state index in [4.69, 9.17) is 14.6 Å². The normalized spacial score (nSPS) is 10.8. The van der Waals surface area contributed by atoms with Crippen LogP contribution < -0.4 is 14.8 Å². The molecule has 0 aliphatic rings. The van der Waals surface area contributed by atoms with Gasteiger partial charge in [0.25, 0.3) is 5.91 Å². The lowest BCUT2D eigenvalue weighted by Gasteiger charge is -2.16. The van der Waals surface area contributed by atoms with Gasteiger partial charge in [0.15, 0.2) is 17.2 Å². The Morgan fingerprint density at radius 3 is 2.15 bits per heavy atom. The van der Waals surface area contributed by atoms with Crippen LogP contribution in [-0.2, 0) is 4.79 Å². The number of halogens is 2. The molecule has 0 fully saturated rings. The van der Waals surface area contributed by atoms with Crippen molar-refractivity contribution < 1.29 is 42.9 Å². The van der Waals surface area contributed by atoms with E-state index in [2.05, 4.69) is 10.3 Å². The molecule has 4 aromatic rings. The fourth-order valence-corrected chi connectivity index (χ4v) is 4.17. The first-order valence-electron chi connectivity index (χ1n) is 12.1. The van der Waals surface area contributed by atoms with Gasteiger partial charge in [-0.2, -0.15) is 0 Å². The monoisotopic (exact) mass is 550 g/mol. The van der Waals surface area contributed by atoms with Crippen molar-refractivity contribution in [3.8, 4) is 23.1 Å². The van der Waals surface area contributed by atoms with Gasteiger partial charge in [0.2, 0.25) is 5.88 Å². The van der Waals surface area contributed by atoms with Crippen LogP contribution in [-0.4, -0.2) is 46.0 Å². The Hall–Kier alpha value is -5.06. The topological polar surface area (TPSA) is 135 Å². The number of aromatic nitrogens is 1. The number of hydrogen-bond donors (Lipinski definition) is 3. The SMILES string of the molecule is CCOc1nc(C(=O)NCC(=O)O)c(O)c2ccc(Oc3c(C)cc(C(=O)c4cc(F)cc(F)c4)cc3C)cc12. The average Bonchev–Trinajstić information content (AvgIpc) is 2.89. The summed E-state index contributed by atoms with van der Waals surface area (Å²) in [6.07, 6.45) is 0. The molecule has 11 heteroatoms. The van der Waals surface area contributed by atoms with Crippen molar-refractivity contribution in [3.63, 3.8) is 0 Å². The van der Waals surface area contributed by atoms with Gasteiger partial charge in [-0.15, -0.1) is 0 Å². The molecule has 0 spiro atoms. The third-order valence-corrected chi connectivity index (χ3v) is 5.88. The number of carboxylic acid groups (broad SMARTS) is 1. The molecule has 0 bridgehead atoms. The molecule has 1 aromatic heterocycles. The van der Waals surface area contributed by atoms with Crippen LogP contribution in [0.15, 0.2) is 48.5 Å². The van der Waals surface area contributed by atoms with E-state index in [0.717, 1.165) is 12.1 Å². The smallest absolute Gasteiger partial charge is 0.322 e. The molecular formula is C29H24F2N2O7. The van der Waals surface area contributed by atoms with E-state index in [1.165, 1.54) is 6.07 Å². The summed E-state index contributed by atoms with van der Waals surface area (Å²) in [5, 5.41) is 22.2. The van der Waals surface area contributed by atoms with Gasteiger partial charge in [-0.1, -0.05) is 0 Å². The molecule has 206 valence electrons. The number of nitrogens with one attached hydrogen (secondary N) is 1. The molecular weight excluding hydrogens is 526 g/mol. The molecule has 0 saturated heterocycles. The van der Waals surface area contributed by atoms with Crippen LogP contribution in [0.4, 0.5) is 8.78 Å². The highest BCUT2D eigenvalue weighted by Gasteiger charge is 2.22. The van der Waals surface area contributed by atoms with Crippen molar-refractivity contribution in [2.24, 2.45) is 0 Å². The minimum absolute atomic E-state index is 0.0259. The molecule has 0 radical (unpaired) electrons. The highest BCUT2D eigenvalue weighted by molar-refractivity contribution is 6.09. The van der Waals surface area contributed by atoms with E-state index >= 15 is 0 Å². The van der Waals surface area contributed by atoms with Crippen molar-refractivity contribution in [2.75, 3.05) is 13.2 Å². The number of carbonyl (C=O) groups is 3. The number of carboxylic acids is 1. The number of ether oxygens (including phenoxy) is 2. The number of benzene rings is 3. The van der Waals surface area contributed by atoms with Crippen molar-refractivity contribution in [1.82, 2.24) is 10.3 Å². The number of ketones is 1. The first-order chi connectivity index (χ1) is 19.0. The van der Waals surface area contributed by atoms with Crippen LogP contribution in [0, 0.1) is 25.5 Å². The summed E-state index contributed by atoms with van der Waals surface area (Å²) < 4.78 is 38.9. The van der Waals surface area contributed by atoms with Gasteiger partial charge in [0, 0.05) is 22.6 Å².